The number of rotatable bonds is 13. The molecule has 148 valence electrons. The molecule has 4 N–H and O–H groups in total. The van der Waals surface area contributed by atoms with E-state index in [2.05, 4.69) is 5.32 Å². The van der Waals surface area contributed by atoms with E-state index in [1.54, 1.807) is 26.8 Å². The molecule has 2 atom stereocenters. The molecule has 0 heterocycles. The quantitative estimate of drug-likeness (QED) is 0.299. The number of amides is 1. The van der Waals surface area contributed by atoms with Crippen LogP contribution in [-0.2, 0) is 4.74 Å². The third kappa shape index (κ3) is 14.9. The fourth-order valence-corrected chi connectivity index (χ4v) is 2.33. The molecule has 0 rings (SSSR count). The van der Waals surface area contributed by atoms with Gasteiger partial charge in [-0.3, -0.25) is 0 Å². The van der Waals surface area contributed by atoms with Gasteiger partial charge < -0.3 is 25.4 Å². The molecule has 0 aliphatic carbocycles. The number of allylic oxidation sites excluding steroid dienone is 1. The van der Waals surface area contributed by atoms with E-state index in [4.69, 9.17) is 9.84 Å². The topological polar surface area (TPSA) is 99.0 Å². The van der Waals surface area contributed by atoms with E-state index in [1.807, 2.05) is 6.08 Å². The number of alkyl carbamates (subject to hydrolysis) is 1. The van der Waals surface area contributed by atoms with Crippen LogP contribution in [0.3, 0.4) is 0 Å². The molecular formula is C19H37NO5. The summed E-state index contributed by atoms with van der Waals surface area (Å²) in [5.41, 5.74) is -0.622. The Kier molecular flexibility index (Phi) is 13.5. The normalized spacial score (nSPS) is 14.5. The lowest BCUT2D eigenvalue weighted by atomic mass is 10.1. The lowest BCUT2D eigenvalue weighted by molar-refractivity contribution is 0.0405. The second-order valence-electron chi connectivity index (χ2n) is 7.34. The minimum Gasteiger partial charge on any atom is -0.444 e. The number of aliphatic hydroxyl groups excluding tert-OH is 3. The average molecular weight is 360 g/mol. The highest BCUT2D eigenvalue weighted by Gasteiger charge is 2.22. The standard InChI is InChI=1S/C19H37NO5/c1-19(2,3)25-18(24)20-16(15-22)17(23)13-11-9-7-5-4-6-8-10-12-14-21/h11,13,16-17,21-23H,4-10,12,14-15H2,1-3H3,(H,20,24)/b13-11-/t16-,17+/m0/s1. The third-order valence-corrected chi connectivity index (χ3v) is 3.67. The van der Waals surface area contributed by atoms with Gasteiger partial charge in [-0.2, -0.15) is 0 Å². The first-order chi connectivity index (χ1) is 11.8. The summed E-state index contributed by atoms with van der Waals surface area (Å²) in [4.78, 5) is 11.7. The number of ether oxygens (including phenoxy) is 1. The van der Waals surface area contributed by atoms with Crippen molar-refractivity contribution in [1.82, 2.24) is 5.32 Å². The summed E-state index contributed by atoms with van der Waals surface area (Å²) in [7, 11) is 0. The van der Waals surface area contributed by atoms with E-state index < -0.39 is 23.8 Å². The van der Waals surface area contributed by atoms with Crippen LogP contribution in [0.5, 0.6) is 0 Å². The molecule has 0 aromatic carbocycles. The van der Waals surface area contributed by atoms with Crippen molar-refractivity contribution in [2.24, 2.45) is 0 Å². The van der Waals surface area contributed by atoms with Crippen LogP contribution in [0, 0.1) is 0 Å². The second kappa shape index (κ2) is 14.1. The molecule has 0 unspecified atom stereocenters. The van der Waals surface area contributed by atoms with Gasteiger partial charge in [-0.1, -0.05) is 44.3 Å². The van der Waals surface area contributed by atoms with Gasteiger partial charge in [0.25, 0.3) is 0 Å². The minimum absolute atomic E-state index is 0.282. The van der Waals surface area contributed by atoms with Gasteiger partial charge in [-0.15, -0.1) is 0 Å². The Morgan fingerprint density at radius 3 is 2.12 bits per heavy atom. The Balaban J connectivity index is 3.90. The van der Waals surface area contributed by atoms with Crippen LogP contribution in [0.1, 0.15) is 72.1 Å². The van der Waals surface area contributed by atoms with Crippen LogP contribution in [0.25, 0.3) is 0 Å². The smallest absolute Gasteiger partial charge is 0.408 e. The Morgan fingerprint density at radius 2 is 1.60 bits per heavy atom. The van der Waals surface area contributed by atoms with Crippen LogP contribution in [-0.4, -0.2) is 52.4 Å². The van der Waals surface area contributed by atoms with Crippen molar-refractivity contribution >= 4 is 6.09 Å². The molecule has 0 aromatic rings. The zero-order chi connectivity index (χ0) is 19.1. The molecule has 0 aliphatic rings. The fraction of sp³-hybridized carbons (Fsp3) is 0.842. The predicted molar refractivity (Wildman–Crippen MR) is 99.4 cm³/mol. The van der Waals surface area contributed by atoms with Gasteiger partial charge in [0.05, 0.1) is 18.8 Å². The monoisotopic (exact) mass is 359 g/mol. The maximum atomic E-state index is 11.7. The maximum absolute atomic E-state index is 11.7. The number of hydrogen-bond donors (Lipinski definition) is 4. The van der Waals surface area contributed by atoms with E-state index >= 15 is 0 Å². The van der Waals surface area contributed by atoms with E-state index in [1.165, 1.54) is 19.3 Å². The van der Waals surface area contributed by atoms with Gasteiger partial charge >= 0.3 is 6.09 Å². The highest BCUT2D eigenvalue weighted by Crippen LogP contribution is 2.10. The van der Waals surface area contributed by atoms with Gasteiger partial charge in [0.2, 0.25) is 0 Å². The van der Waals surface area contributed by atoms with Gasteiger partial charge in [0.15, 0.2) is 0 Å². The van der Waals surface area contributed by atoms with Crippen LogP contribution < -0.4 is 5.32 Å². The lowest BCUT2D eigenvalue weighted by Crippen LogP contribution is -2.47. The molecule has 0 radical (unpaired) electrons. The van der Waals surface area contributed by atoms with Crippen molar-refractivity contribution in [1.29, 1.82) is 0 Å². The fourth-order valence-electron chi connectivity index (χ4n) is 2.33. The number of carbonyl (C=O) groups excluding carboxylic acids is 1. The summed E-state index contributed by atoms with van der Waals surface area (Å²) in [6.07, 6.45) is 10.5. The minimum atomic E-state index is -0.948. The van der Waals surface area contributed by atoms with Crippen molar-refractivity contribution < 1.29 is 24.9 Å². The van der Waals surface area contributed by atoms with Crippen molar-refractivity contribution in [3.63, 3.8) is 0 Å². The number of unbranched alkanes of at least 4 members (excludes halogenated alkanes) is 7. The molecule has 0 saturated carbocycles. The molecular weight excluding hydrogens is 322 g/mol. The highest BCUT2D eigenvalue weighted by molar-refractivity contribution is 5.68. The summed E-state index contributed by atoms with van der Waals surface area (Å²) < 4.78 is 5.11. The predicted octanol–water partition coefficient (Wildman–Crippen LogP) is 2.90. The molecule has 0 bridgehead atoms. The summed E-state index contributed by atoms with van der Waals surface area (Å²) in [6, 6.07) is -0.780. The first-order valence-electron chi connectivity index (χ1n) is 9.36. The van der Waals surface area contributed by atoms with Gasteiger partial charge in [0, 0.05) is 6.61 Å². The molecule has 0 aliphatic heterocycles. The summed E-state index contributed by atoms with van der Waals surface area (Å²) in [6.45, 7) is 5.18. The summed E-state index contributed by atoms with van der Waals surface area (Å²) >= 11 is 0. The lowest BCUT2D eigenvalue weighted by Gasteiger charge is -2.24. The average Bonchev–Trinajstić information content (AvgIpc) is 2.52. The maximum Gasteiger partial charge on any atom is 0.408 e. The number of hydrogen-bond acceptors (Lipinski definition) is 5. The van der Waals surface area contributed by atoms with Crippen molar-refractivity contribution in [3.8, 4) is 0 Å². The van der Waals surface area contributed by atoms with Crippen molar-refractivity contribution in [3.05, 3.63) is 12.2 Å². The third-order valence-electron chi connectivity index (χ3n) is 3.67. The van der Waals surface area contributed by atoms with E-state index in [9.17, 15) is 15.0 Å². The van der Waals surface area contributed by atoms with Crippen molar-refractivity contribution in [2.45, 2.75) is 89.9 Å². The summed E-state index contributed by atoms with van der Waals surface area (Å²) in [5, 5.41) is 30.5. The Bertz CT molecular complexity index is 365. The molecule has 25 heavy (non-hydrogen) atoms. The molecule has 1 amide bonds. The first kappa shape index (κ1) is 23.9. The second-order valence-corrected chi connectivity index (χ2v) is 7.34. The molecule has 6 heteroatoms. The van der Waals surface area contributed by atoms with E-state index in [-0.39, 0.29) is 13.2 Å². The summed E-state index contributed by atoms with van der Waals surface area (Å²) in [5.74, 6) is 0. The van der Waals surface area contributed by atoms with Gasteiger partial charge in [-0.25, -0.2) is 4.79 Å². The van der Waals surface area contributed by atoms with Crippen LogP contribution in [0.2, 0.25) is 0 Å². The number of aliphatic hydroxyl groups is 3. The van der Waals surface area contributed by atoms with E-state index in [0.717, 1.165) is 32.1 Å². The largest absolute Gasteiger partial charge is 0.444 e. The first-order valence-corrected chi connectivity index (χ1v) is 9.36. The molecule has 0 saturated heterocycles. The highest BCUT2D eigenvalue weighted by atomic mass is 16.6. The van der Waals surface area contributed by atoms with Gasteiger partial charge in [-0.05, 0) is 40.0 Å². The SMILES string of the molecule is CC(C)(C)OC(=O)N[C@@H](CO)[C@H](O)/C=C\CCCCCCCCCO. The molecule has 0 fully saturated rings. The van der Waals surface area contributed by atoms with Crippen LogP contribution >= 0.6 is 0 Å². The van der Waals surface area contributed by atoms with Crippen LogP contribution in [0.15, 0.2) is 12.2 Å². The van der Waals surface area contributed by atoms with Crippen LogP contribution in [0.4, 0.5) is 4.79 Å². The number of nitrogens with one attached hydrogen (secondary N) is 1. The Labute approximate surface area is 152 Å². The zero-order valence-electron chi connectivity index (χ0n) is 16.0. The van der Waals surface area contributed by atoms with Gasteiger partial charge in [0.1, 0.15) is 5.60 Å². The molecule has 0 spiro atoms. The zero-order valence-corrected chi connectivity index (χ0v) is 16.0. The number of carbonyl (C=O) groups is 1. The van der Waals surface area contributed by atoms with Crippen molar-refractivity contribution in [2.75, 3.05) is 13.2 Å². The van der Waals surface area contributed by atoms with E-state index in [0.29, 0.717) is 0 Å². The Hall–Kier alpha value is -1.11. The Morgan fingerprint density at radius 1 is 1.04 bits per heavy atom. The molecule has 6 nitrogen and oxygen atoms in total. The molecule has 0 aromatic heterocycles.